The highest BCUT2D eigenvalue weighted by atomic mass is 16.4. The molecule has 0 spiro atoms. The molecule has 32 heavy (non-hydrogen) atoms. The normalized spacial score (nSPS) is 14.7. The van der Waals surface area contributed by atoms with E-state index in [4.69, 9.17) is 4.65 Å². The van der Waals surface area contributed by atoms with E-state index in [0.29, 0.717) is 23.7 Å². The second-order valence-electron chi connectivity index (χ2n) is 10.1. The van der Waals surface area contributed by atoms with E-state index in [0.717, 1.165) is 0 Å². The van der Waals surface area contributed by atoms with Crippen molar-refractivity contribution < 1.29 is 4.65 Å². The molecular weight excluding hydrogens is 391 g/mol. The van der Waals surface area contributed by atoms with Gasteiger partial charge in [-0.05, 0) is 45.9 Å². The van der Waals surface area contributed by atoms with Gasteiger partial charge in [0.2, 0.25) is 0 Å². The maximum absolute atomic E-state index is 5.68. The Morgan fingerprint density at radius 3 is 1.19 bits per heavy atom. The van der Waals surface area contributed by atoms with Crippen molar-refractivity contribution in [3.63, 3.8) is 0 Å². The summed E-state index contributed by atoms with van der Waals surface area (Å²) in [5.41, 5.74) is 8.11. The molecule has 0 unspecified atom stereocenters. The molecule has 0 fully saturated rings. The summed E-state index contributed by atoms with van der Waals surface area (Å²) in [6.07, 6.45) is 4.46. The molecule has 171 valence electrons. The van der Waals surface area contributed by atoms with E-state index in [2.05, 4.69) is 114 Å². The molecule has 1 radical (unpaired) electrons. The van der Waals surface area contributed by atoms with Crippen LogP contribution in [0.1, 0.15) is 101 Å². The Morgan fingerprint density at radius 2 is 0.938 bits per heavy atom. The van der Waals surface area contributed by atoms with Crippen LogP contribution in [0.3, 0.4) is 0 Å². The predicted octanol–water partition coefficient (Wildman–Crippen LogP) is 7.53. The van der Waals surface area contributed by atoms with Gasteiger partial charge in [-0.3, -0.25) is 0 Å². The van der Waals surface area contributed by atoms with Crippen LogP contribution in [-0.2, 0) is 4.65 Å². The van der Waals surface area contributed by atoms with Gasteiger partial charge in [0.05, 0.1) is 0 Å². The second kappa shape index (κ2) is 10.2. The van der Waals surface area contributed by atoms with Crippen molar-refractivity contribution in [2.24, 2.45) is 0 Å². The number of benzene rings is 2. The van der Waals surface area contributed by atoms with Crippen LogP contribution in [-0.4, -0.2) is 20.7 Å². The molecule has 0 saturated heterocycles. The first-order chi connectivity index (χ1) is 15.2. The molecule has 0 aromatic heterocycles. The topological polar surface area (TPSA) is 15.7 Å². The standard InChI is InChI=1S/C28H40BN2O/c1-18(2)22-12-10-13-23(19(3)4)26(22)30-16-17-31(28(30)29-32-9)27-24(20(5)6)14-11-15-25(27)21(7)8/h10-21,28H,1-9H3. The molecule has 0 amide bonds. The summed E-state index contributed by atoms with van der Waals surface area (Å²) >= 11 is 0. The van der Waals surface area contributed by atoms with Gasteiger partial charge >= 0.3 is 7.48 Å². The quantitative estimate of drug-likeness (QED) is 0.402. The van der Waals surface area contributed by atoms with E-state index in [-0.39, 0.29) is 6.07 Å². The predicted molar refractivity (Wildman–Crippen MR) is 140 cm³/mol. The van der Waals surface area contributed by atoms with Gasteiger partial charge in [0, 0.05) is 30.9 Å². The van der Waals surface area contributed by atoms with Crippen molar-refractivity contribution in [2.75, 3.05) is 16.9 Å². The highest BCUT2D eigenvalue weighted by molar-refractivity contribution is 6.32. The van der Waals surface area contributed by atoms with Gasteiger partial charge in [0.25, 0.3) is 0 Å². The Bertz CT molecular complexity index is 822. The first-order valence-corrected chi connectivity index (χ1v) is 12.1. The average molecular weight is 431 g/mol. The van der Waals surface area contributed by atoms with Crippen molar-refractivity contribution in [3.8, 4) is 0 Å². The third-order valence-electron chi connectivity index (χ3n) is 6.42. The van der Waals surface area contributed by atoms with Crippen LogP contribution in [0.5, 0.6) is 0 Å². The lowest BCUT2D eigenvalue weighted by atomic mass is 9.86. The highest BCUT2D eigenvalue weighted by Crippen LogP contribution is 2.42. The molecule has 1 heterocycles. The second-order valence-corrected chi connectivity index (χ2v) is 10.1. The minimum Gasteiger partial charge on any atom is -0.439 e. The van der Waals surface area contributed by atoms with Crippen LogP contribution >= 0.6 is 0 Å². The largest absolute Gasteiger partial charge is 0.439 e. The number of hydrogen-bond donors (Lipinski definition) is 0. The van der Waals surface area contributed by atoms with Gasteiger partial charge in [-0.15, -0.1) is 0 Å². The van der Waals surface area contributed by atoms with E-state index < -0.39 is 0 Å². The molecule has 2 aromatic carbocycles. The van der Waals surface area contributed by atoms with Gasteiger partial charge in [0.1, 0.15) is 6.07 Å². The van der Waals surface area contributed by atoms with E-state index in [9.17, 15) is 0 Å². The molecule has 4 heteroatoms. The Hall–Kier alpha value is -2.20. The van der Waals surface area contributed by atoms with Crippen LogP contribution in [0.15, 0.2) is 48.8 Å². The summed E-state index contributed by atoms with van der Waals surface area (Å²) in [6.45, 7) is 18.2. The molecule has 2 aromatic rings. The third-order valence-corrected chi connectivity index (χ3v) is 6.42. The van der Waals surface area contributed by atoms with Crippen LogP contribution in [0.4, 0.5) is 11.4 Å². The van der Waals surface area contributed by atoms with Gasteiger partial charge in [0.15, 0.2) is 0 Å². The van der Waals surface area contributed by atoms with Gasteiger partial charge in [-0.1, -0.05) is 91.8 Å². The zero-order valence-electron chi connectivity index (χ0n) is 21.4. The fraction of sp³-hybridized carbons (Fsp3) is 0.500. The number of anilines is 2. The molecule has 3 nitrogen and oxygen atoms in total. The Kier molecular flexibility index (Phi) is 7.77. The number of para-hydroxylation sites is 2. The molecule has 1 aliphatic heterocycles. The SMILES string of the molecule is CO[B]C1N(c2c(C(C)C)cccc2C(C)C)C=CN1c1c(C(C)C)cccc1C(C)C. The minimum atomic E-state index is -0.0465. The smallest absolute Gasteiger partial charge is 0.343 e. The van der Waals surface area contributed by atoms with Crippen LogP contribution < -0.4 is 9.80 Å². The average Bonchev–Trinajstić information content (AvgIpc) is 3.15. The lowest BCUT2D eigenvalue weighted by Gasteiger charge is -2.37. The van der Waals surface area contributed by atoms with Crippen molar-refractivity contribution in [2.45, 2.75) is 85.1 Å². The Labute approximate surface area is 196 Å². The minimum absolute atomic E-state index is 0.0465. The molecule has 0 bridgehead atoms. The first kappa shape index (κ1) is 24.4. The lowest BCUT2D eigenvalue weighted by Crippen LogP contribution is -2.45. The number of nitrogens with zero attached hydrogens (tertiary/aromatic N) is 2. The van der Waals surface area contributed by atoms with Crippen LogP contribution in [0, 0.1) is 0 Å². The molecule has 1 aliphatic rings. The lowest BCUT2D eigenvalue weighted by molar-refractivity contribution is 0.431. The summed E-state index contributed by atoms with van der Waals surface area (Å²) in [6, 6.07) is 13.4. The van der Waals surface area contributed by atoms with Crippen LogP contribution in [0.25, 0.3) is 0 Å². The maximum Gasteiger partial charge on any atom is 0.343 e. The Balaban J connectivity index is 2.19. The molecular formula is C28H40BN2O. The third kappa shape index (κ3) is 4.61. The molecule has 0 saturated carbocycles. The van der Waals surface area contributed by atoms with E-state index in [1.807, 2.05) is 7.48 Å². The fourth-order valence-corrected chi connectivity index (χ4v) is 4.74. The molecule has 0 atom stereocenters. The maximum atomic E-state index is 5.68. The van der Waals surface area contributed by atoms with Crippen molar-refractivity contribution >= 4 is 18.9 Å². The van der Waals surface area contributed by atoms with Crippen molar-refractivity contribution in [3.05, 3.63) is 71.1 Å². The van der Waals surface area contributed by atoms with Crippen molar-refractivity contribution in [1.82, 2.24) is 0 Å². The number of hydrogen-bond acceptors (Lipinski definition) is 3. The van der Waals surface area contributed by atoms with Gasteiger partial charge in [-0.2, -0.15) is 0 Å². The summed E-state index contributed by atoms with van der Waals surface area (Å²) in [5, 5.41) is 0. The van der Waals surface area contributed by atoms with Gasteiger partial charge in [-0.25, -0.2) is 0 Å². The van der Waals surface area contributed by atoms with Crippen molar-refractivity contribution in [1.29, 1.82) is 0 Å². The summed E-state index contributed by atoms with van der Waals surface area (Å²) in [5.74, 6) is 1.74. The molecule has 3 rings (SSSR count). The van der Waals surface area contributed by atoms with Crippen LogP contribution in [0.2, 0.25) is 0 Å². The Morgan fingerprint density at radius 1 is 0.625 bits per heavy atom. The monoisotopic (exact) mass is 431 g/mol. The van der Waals surface area contributed by atoms with E-state index >= 15 is 0 Å². The highest BCUT2D eigenvalue weighted by Gasteiger charge is 2.35. The summed E-state index contributed by atoms with van der Waals surface area (Å²) in [4.78, 5) is 4.80. The first-order valence-electron chi connectivity index (χ1n) is 12.1. The summed E-state index contributed by atoms with van der Waals surface area (Å²) in [7, 11) is 3.71. The fourth-order valence-electron chi connectivity index (χ4n) is 4.74. The van der Waals surface area contributed by atoms with E-state index in [1.54, 1.807) is 7.11 Å². The van der Waals surface area contributed by atoms with Gasteiger partial charge < -0.3 is 14.5 Å². The molecule has 0 N–H and O–H groups in total. The summed E-state index contributed by atoms with van der Waals surface area (Å²) < 4.78 is 5.68. The van der Waals surface area contributed by atoms with E-state index in [1.165, 1.54) is 33.6 Å². The molecule has 0 aliphatic carbocycles. The number of rotatable bonds is 8. The zero-order chi connectivity index (χ0) is 23.6. The zero-order valence-corrected chi connectivity index (χ0v) is 21.4.